The second-order valence-corrected chi connectivity index (χ2v) is 7.39. The van der Waals surface area contributed by atoms with Crippen molar-refractivity contribution >= 4 is 34.6 Å². The number of carbonyl (C=O) groups is 2. The predicted octanol–water partition coefficient (Wildman–Crippen LogP) is 3.26. The van der Waals surface area contributed by atoms with E-state index in [0.717, 1.165) is 24.6 Å². The van der Waals surface area contributed by atoms with Crippen LogP contribution in [0.5, 0.6) is 0 Å². The maximum Gasteiger partial charge on any atom is 0.337 e. The molecule has 158 valence electrons. The molecule has 0 fully saturated rings. The van der Waals surface area contributed by atoms with Crippen LogP contribution in [0, 0.1) is 0 Å². The highest BCUT2D eigenvalue weighted by atomic mass is 32.2. The molecule has 3 aromatic rings. The van der Waals surface area contributed by atoms with E-state index < -0.39 is 5.97 Å². The number of ether oxygens (including phenoxy) is 2. The number of methoxy groups -OCH3 is 1. The molecule has 9 heteroatoms. The lowest BCUT2D eigenvalue weighted by molar-refractivity contribution is -0.140. The molecule has 0 unspecified atom stereocenters. The third-order valence-corrected chi connectivity index (χ3v) is 5.27. The lowest BCUT2D eigenvalue weighted by Crippen LogP contribution is -2.24. The highest BCUT2D eigenvalue weighted by Gasteiger charge is 2.17. The lowest BCUT2D eigenvalue weighted by Gasteiger charge is -2.12. The minimum atomic E-state index is -0.521. The first-order valence-electron chi connectivity index (χ1n) is 9.47. The molecular weight excluding hydrogens is 408 g/mol. The molecule has 0 N–H and O–H groups in total. The minimum absolute atomic E-state index is 0.0104. The Morgan fingerprint density at radius 2 is 2.10 bits per heavy atom. The van der Waals surface area contributed by atoms with Gasteiger partial charge in [-0.05, 0) is 36.8 Å². The summed E-state index contributed by atoms with van der Waals surface area (Å²) in [7, 11) is 1.28. The second-order valence-electron chi connectivity index (χ2n) is 6.45. The zero-order valence-corrected chi connectivity index (χ0v) is 17.6. The van der Waals surface area contributed by atoms with Crippen LogP contribution in [0.4, 0.5) is 0 Å². The number of hydrogen-bond donors (Lipinski definition) is 0. The summed E-state index contributed by atoms with van der Waals surface area (Å²) in [6.45, 7) is 2.54. The fourth-order valence-electron chi connectivity index (χ4n) is 2.75. The zero-order valence-electron chi connectivity index (χ0n) is 16.8. The number of thioether (sulfide) groups is 1. The summed E-state index contributed by atoms with van der Waals surface area (Å²) in [5.41, 5.74) is 0.339. The number of fused-ring (bicyclic) bond motifs is 1. The van der Waals surface area contributed by atoms with E-state index in [-0.39, 0.29) is 29.4 Å². The van der Waals surface area contributed by atoms with Crippen molar-refractivity contribution in [2.45, 2.75) is 31.5 Å². The van der Waals surface area contributed by atoms with Gasteiger partial charge in [0.15, 0.2) is 5.16 Å². The van der Waals surface area contributed by atoms with Crippen molar-refractivity contribution in [2.24, 2.45) is 0 Å². The fourth-order valence-corrected chi connectivity index (χ4v) is 3.55. The highest BCUT2D eigenvalue weighted by molar-refractivity contribution is 7.99. The van der Waals surface area contributed by atoms with E-state index in [1.165, 1.54) is 30.1 Å². The van der Waals surface area contributed by atoms with Gasteiger partial charge in [-0.2, -0.15) is 0 Å². The van der Waals surface area contributed by atoms with Gasteiger partial charge >= 0.3 is 11.9 Å². The van der Waals surface area contributed by atoms with E-state index in [2.05, 4.69) is 4.98 Å². The van der Waals surface area contributed by atoms with Crippen molar-refractivity contribution < 1.29 is 23.5 Å². The molecule has 0 amide bonds. The Kier molecular flexibility index (Phi) is 7.29. The Morgan fingerprint density at radius 3 is 2.80 bits per heavy atom. The van der Waals surface area contributed by atoms with Crippen molar-refractivity contribution in [3.05, 3.63) is 58.3 Å². The first kappa shape index (κ1) is 21.6. The maximum atomic E-state index is 13.1. The van der Waals surface area contributed by atoms with E-state index >= 15 is 0 Å². The number of esters is 2. The molecule has 2 aromatic heterocycles. The molecule has 0 aliphatic carbocycles. The SMILES string of the molecule is CCCCOC(=O)CSc1nc2cc(C(=O)OC)ccc2c(=O)n1Cc1ccco1. The summed E-state index contributed by atoms with van der Waals surface area (Å²) in [6, 6.07) is 8.05. The predicted molar refractivity (Wildman–Crippen MR) is 112 cm³/mol. The minimum Gasteiger partial charge on any atom is -0.467 e. The largest absolute Gasteiger partial charge is 0.467 e. The molecule has 0 spiro atoms. The third-order valence-electron chi connectivity index (χ3n) is 4.32. The van der Waals surface area contributed by atoms with Crippen LogP contribution >= 0.6 is 11.8 Å². The van der Waals surface area contributed by atoms with Gasteiger partial charge in [-0.1, -0.05) is 25.1 Å². The Balaban J connectivity index is 1.96. The number of hydrogen-bond acceptors (Lipinski definition) is 8. The van der Waals surface area contributed by atoms with Gasteiger partial charge < -0.3 is 13.9 Å². The smallest absolute Gasteiger partial charge is 0.337 e. The molecule has 2 heterocycles. The van der Waals surface area contributed by atoms with Crippen LogP contribution in [-0.4, -0.2) is 41.0 Å². The van der Waals surface area contributed by atoms with Crippen LogP contribution < -0.4 is 5.56 Å². The van der Waals surface area contributed by atoms with Gasteiger partial charge in [0.25, 0.3) is 5.56 Å². The molecule has 0 radical (unpaired) electrons. The zero-order chi connectivity index (χ0) is 21.5. The molecule has 0 aliphatic rings. The number of aromatic nitrogens is 2. The molecular formula is C21H22N2O6S. The van der Waals surface area contributed by atoms with Crippen LogP contribution in [-0.2, 0) is 20.8 Å². The Hall–Kier alpha value is -3.07. The Bertz CT molecular complexity index is 1090. The van der Waals surface area contributed by atoms with Gasteiger partial charge in [0.05, 0.1) is 48.7 Å². The van der Waals surface area contributed by atoms with E-state index in [9.17, 15) is 14.4 Å². The number of furan rings is 1. The van der Waals surface area contributed by atoms with E-state index in [1.807, 2.05) is 6.92 Å². The Labute approximate surface area is 177 Å². The summed E-state index contributed by atoms with van der Waals surface area (Å²) >= 11 is 1.10. The topological polar surface area (TPSA) is 101 Å². The summed E-state index contributed by atoms with van der Waals surface area (Å²) in [5, 5.41) is 0.683. The number of rotatable bonds is 9. The van der Waals surface area contributed by atoms with Gasteiger partial charge in [-0.25, -0.2) is 9.78 Å². The van der Waals surface area contributed by atoms with Crippen molar-refractivity contribution in [3.8, 4) is 0 Å². The molecule has 30 heavy (non-hydrogen) atoms. The van der Waals surface area contributed by atoms with E-state index in [4.69, 9.17) is 13.9 Å². The van der Waals surface area contributed by atoms with E-state index in [0.29, 0.717) is 28.4 Å². The van der Waals surface area contributed by atoms with E-state index in [1.54, 1.807) is 18.2 Å². The summed E-state index contributed by atoms with van der Waals surface area (Å²) < 4.78 is 16.7. The van der Waals surface area contributed by atoms with Crippen LogP contribution in [0.3, 0.4) is 0 Å². The Morgan fingerprint density at radius 1 is 1.27 bits per heavy atom. The lowest BCUT2D eigenvalue weighted by atomic mass is 10.1. The molecule has 3 rings (SSSR count). The summed E-state index contributed by atoms with van der Waals surface area (Å²) in [4.78, 5) is 41.5. The van der Waals surface area contributed by atoms with Crippen molar-refractivity contribution in [1.29, 1.82) is 0 Å². The van der Waals surface area contributed by atoms with Crippen molar-refractivity contribution in [1.82, 2.24) is 9.55 Å². The van der Waals surface area contributed by atoms with Crippen molar-refractivity contribution in [3.63, 3.8) is 0 Å². The average molecular weight is 430 g/mol. The van der Waals surface area contributed by atoms with Crippen LogP contribution in [0.2, 0.25) is 0 Å². The molecule has 1 aromatic carbocycles. The number of benzene rings is 1. The summed E-state index contributed by atoms with van der Waals surface area (Å²) in [5.74, 6) is -0.309. The molecule has 0 saturated carbocycles. The first-order chi connectivity index (χ1) is 14.5. The standard InChI is InChI=1S/C21H22N2O6S/c1-3-4-9-29-18(24)13-30-21-22-17-11-14(20(26)27-2)7-8-16(17)19(25)23(21)12-15-6-5-10-28-15/h5-8,10-11H,3-4,9,12-13H2,1-2H3. The third kappa shape index (κ3) is 5.10. The number of nitrogens with zero attached hydrogens (tertiary/aromatic N) is 2. The van der Waals surface area contributed by atoms with Crippen LogP contribution in [0.1, 0.15) is 35.9 Å². The second kappa shape index (κ2) is 10.1. The average Bonchev–Trinajstić information content (AvgIpc) is 3.27. The van der Waals surface area contributed by atoms with Crippen molar-refractivity contribution in [2.75, 3.05) is 19.5 Å². The van der Waals surface area contributed by atoms with Gasteiger partial charge in [0.1, 0.15) is 5.76 Å². The van der Waals surface area contributed by atoms with Gasteiger partial charge in [0, 0.05) is 0 Å². The molecule has 8 nitrogen and oxygen atoms in total. The molecule has 0 bridgehead atoms. The quantitative estimate of drug-likeness (QED) is 0.221. The number of carbonyl (C=O) groups excluding carboxylic acids is 2. The molecule has 0 atom stereocenters. The maximum absolute atomic E-state index is 13.1. The highest BCUT2D eigenvalue weighted by Crippen LogP contribution is 2.20. The monoisotopic (exact) mass is 430 g/mol. The molecule has 0 saturated heterocycles. The van der Waals surface area contributed by atoms with Gasteiger partial charge in [-0.15, -0.1) is 0 Å². The van der Waals surface area contributed by atoms with Crippen LogP contribution in [0.15, 0.2) is 51.0 Å². The first-order valence-corrected chi connectivity index (χ1v) is 10.5. The number of unbranched alkanes of at least 4 members (excludes halogenated alkanes) is 1. The van der Waals surface area contributed by atoms with Gasteiger partial charge in [0.2, 0.25) is 0 Å². The summed E-state index contributed by atoms with van der Waals surface area (Å²) in [6.07, 6.45) is 3.25. The normalized spacial score (nSPS) is 10.9. The van der Waals surface area contributed by atoms with Gasteiger partial charge in [-0.3, -0.25) is 14.2 Å². The fraction of sp³-hybridized carbons (Fsp3) is 0.333. The van der Waals surface area contributed by atoms with Crippen LogP contribution in [0.25, 0.3) is 10.9 Å². The molecule has 0 aliphatic heterocycles.